The first kappa shape index (κ1) is 14.7. The van der Waals surface area contributed by atoms with E-state index in [1.54, 1.807) is 18.4 Å². The van der Waals surface area contributed by atoms with Gasteiger partial charge in [0.05, 0.1) is 24.5 Å². The highest BCUT2D eigenvalue weighted by molar-refractivity contribution is 7.15. The molecule has 0 amide bonds. The molecule has 0 saturated carbocycles. The predicted octanol–water partition coefficient (Wildman–Crippen LogP) is 1.62. The molecule has 0 spiro atoms. The molecule has 1 N–H and O–H groups in total. The van der Waals surface area contributed by atoms with Gasteiger partial charge in [0.2, 0.25) is 0 Å². The average Bonchev–Trinajstić information content (AvgIpc) is 2.72. The van der Waals surface area contributed by atoms with Crippen molar-refractivity contribution in [3.63, 3.8) is 0 Å². The molecular formula is C13H23N3O2S. The van der Waals surface area contributed by atoms with Crippen LogP contribution in [0, 0.1) is 0 Å². The molecule has 1 aliphatic heterocycles. The third-order valence-corrected chi connectivity index (χ3v) is 4.23. The summed E-state index contributed by atoms with van der Waals surface area (Å²) >= 11 is 1.75. The molecule has 1 aromatic heterocycles. The maximum atomic E-state index is 5.77. The molecule has 2 rings (SSSR count). The molecule has 1 fully saturated rings. The van der Waals surface area contributed by atoms with Gasteiger partial charge in [-0.3, -0.25) is 0 Å². The summed E-state index contributed by atoms with van der Waals surface area (Å²) in [5.41, 5.74) is 1.05. The lowest BCUT2D eigenvalue weighted by molar-refractivity contribution is -0.00524. The number of nitrogens with zero attached hydrogens (tertiary/aromatic N) is 2. The summed E-state index contributed by atoms with van der Waals surface area (Å²) in [5, 5.41) is 4.27. The van der Waals surface area contributed by atoms with Crippen LogP contribution in [0.25, 0.3) is 0 Å². The Morgan fingerprint density at radius 1 is 1.42 bits per heavy atom. The Kier molecular flexibility index (Phi) is 5.15. The first-order valence-electron chi connectivity index (χ1n) is 6.66. The van der Waals surface area contributed by atoms with Gasteiger partial charge in [-0.25, -0.2) is 4.98 Å². The van der Waals surface area contributed by atoms with Crippen molar-refractivity contribution >= 4 is 16.5 Å². The van der Waals surface area contributed by atoms with Crippen molar-refractivity contribution < 1.29 is 9.47 Å². The Morgan fingerprint density at radius 2 is 2.11 bits per heavy atom. The van der Waals surface area contributed by atoms with E-state index in [1.165, 1.54) is 4.88 Å². The van der Waals surface area contributed by atoms with E-state index in [2.05, 4.69) is 24.1 Å². The monoisotopic (exact) mass is 285 g/mol. The molecule has 2 atom stereocenters. The van der Waals surface area contributed by atoms with Crippen LogP contribution in [-0.2, 0) is 22.6 Å². The van der Waals surface area contributed by atoms with Crippen LogP contribution in [0.5, 0.6) is 0 Å². The van der Waals surface area contributed by atoms with Crippen molar-refractivity contribution in [2.45, 2.75) is 39.2 Å². The van der Waals surface area contributed by atoms with Crippen LogP contribution in [0.3, 0.4) is 0 Å². The number of nitrogens with one attached hydrogen (secondary N) is 1. The Hall–Kier alpha value is -0.690. The van der Waals surface area contributed by atoms with Crippen LogP contribution in [0.1, 0.15) is 24.4 Å². The van der Waals surface area contributed by atoms with E-state index < -0.39 is 0 Å². The number of rotatable bonds is 5. The van der Waals surface area contributed by atoms with Crippen LogP contribution in [0.15, 0.2) is 0 Å². The van der Waals surface area contributed by atoms with Gasteiger partial charge >= 0.3 is 0 Å². The van der Waals surface area contributed by atoms with Gasteiger partial charge in [-0.15, -0.1) is 11.3 Å². The Morgan fingerprint density at radius 3 is 2.68 bits per heavy atom. The molecule has 0 radical (unpaired) electrons. The van der Waals surface area contributed by atoms with Gasteiger partial charge in [0.15, 0.2) is 5.13 Å². The average molecular weight is 285 g/mol. The molecule has 5 nitrogen and oxygen atoms in total. The summed E-state index contributed by atoms with van der Waals surface area (Å²) in [4.78, 5) is 8.31. The van der Waals surface area contributed by atoms with E-state index >= 15 is 0 Å². The number of methoxy groups -OCH3 is 1. The van der Waals surface area contributed by atoms with Crippen molar-refractivity contribution in [1.82, 2.24) is 10.3 Å². The van der Waals surface area contributed by atoms with Crippen molar-refractivity contribution in [3.8, 4) is 0 Å². The van der Waals surface area contributed by atoms with E-state index in [0.717, 1.165) is 30.5 Å². The fourth-order valence-corrected chi connectivity index (χ4v) is 3.48. The lowest BCUT2D eigenvalue weighted by atomic mass is 10.2. The smallest absolute Gasteiger partial charge is 0.186 e. The quantitative estimate of drug-likeness (QED) is 0.891. The second-order valence-electron chi connectivity index (χ2n) is 4.99. The molecule has 19 heavy (non-hydrogen) atoms. The highest BCUT2D eigenvalue weighted by Crippen LogP contribution is 2.29. The van der Waals surface area contributed by atoms with Crippen molar-refractivity contribution in [2.24, 2.45) is 0 Å². The van der Waals surface area contributed by atoms with Gasteiger partial charge in [0.1, 0.15) is 0 Å². The van der Waals surface area contributed by atoms with Crippen molar-refractivity contribution in [3.05, 3.63) is 10.6 Å². The number of hydrogen-bond donors (Lipinski definition) is 1. The lowest BCUT2D eigenvalue weighted by Gasteiger charge is -2.35. The minimum Gasteiger partial charge on any atom is -0.378 e. The van der Waals surface area contributed by atoms with Crippen LogP contribution in [-0.4, -0.2) is 44.4 Å². The molecule has 1 aliphatic rings. The molecule has 108 valence electrons. The van der Waals surface area contributed by atoms with Crippen molar-refractivity contribution in [2.75, 3.05) is 32.1 Å². The molecule has 0 bridgehead atoms. The standard InChI is InChI=1S/C13H23N3O2S/c1-9-6-16(7-10(2)18-9)13-15-11(8-17-4)12(19-13)5-14-3/h9-10,14H,5-8H2,1-4H3/t9-,10+. The molecule has 1 aromatic rings. The number of thiazole rings is 1. The topological polar surface area (TPSA) is 46.6 Å². The third-order valence-electron chi connectivity index (χ3n) is 3.08. The highest BCUT2D eigenvalue weighted by Gasteiger charge is 2.25. The van der Waals surface area contributed by atoms with E-state index in [1.807, 2.05) is 7.05 Å². The first-order chi connectivity index (χ1) is 9.13. The van der Waals surface area contributed by atoms with E-state index in [9.17, 15) is 0 Å². The molecule has 6 heteroatoms. The Labute approximate surface area is 118 Å². The summed E-state index contributed by atoms with van der Waals surface area (Å²) < 4.78 is 11.0. The SMILES string of the molecule is CNCc1sc(N2C[C@@H](C)O[C@@H](C)C2)nc1COC. The summed E-state index contributed by atoms with van der Waals surface area (Å²) in [7, 11) is 3.66. The fourth-order valence-electron chi connectivity index (χ4n) is 2.39. The Bertz CT molecular complexity index is 377. The highest BCUT2D eigenvalue weighted by atomic mass is 32.1. The normalized spacial score (nSPS) is 23.9. The Balaban J connectivity index is 2.16. The van der Waals surface area contributed by atoms with E-state index in [4.69, 9.17) is 14.5 Å². The van der Waals surface area contributed by atoms with Gasteiger partial charge in [-0.1, -0.05) is 0 Å². The van der Waals surface area contributed by atoms with E-state index in [-0.39, 0.29) is 12.2 Å². The first-order valence-corrected chi connectivity index (χ1v) is 7.48. The van der Waals surface area contributed by atoms with Crippen LogP contribution in [0.4, 0.5) is 5.13 Å². The summed E-state index contributed by atoms with van der Waals surface area (Å²) in [6.45, 7) is 7.45. The molecule has 2 heterocycles. The maximum absolute atomic E-state index is 5.77. The third kappa shape index (κ3) is 3.66. The van der Waals surface area contributed by atoms with Gasteiger partial charge in [0.25, 0.3) is 0 Å². The van der Waals surface area contributed by atoms with Gasteiger partial charge < -0.3 is 19.7 Å². The second kappa shape index (κ2) is 6.65. The minimum atomic E-state index is 0.256. The zero-order valence-electron chi connectivity index (χ0n) is 12.1. The zero-order chi connectivity index (χ0) is 13.8. The number of aromatic nitrogens is 1. The number of morpholine rings is 1. The predicted molar refractivity (Wildman–Crippen MR) is 77.8 cm³/mol. The van der Waals surface area contributed by atoms with Crippen LogP contribution in [0.2, 0.25) is 0 Å². The summed E-state index contributed by atoms with van der Waals surface area (Å²) in [6.07, 6.45) is 0.512. The number of ether oxygens (including phenoxy) is 2. The zero-order valence-corrected chi connectivity index (χ0v) is 12.9. The lowest BCUT2D eigenvalue weighted by Crippen LogP contribution is -2.45. The van der Waals surface area contributed by atoms with Gasteiger partial charge in [0, 0.05) is 31.6 Å². The number of anilines is 1. The molecule has 0 unspecified atom stereocenters. The van der Waals surface area contributed by atoms with Crippen molar-refractivity contribution in [1.29, 1.82) is 0 Å². The van der Waals surface area contributed by atoms with E-state index in [0.29, 0.717) is 6.61 Å². The van der Waals surface area contributed by atoms with Crippen LogP contribution < -0.4 is 10.2 Å². The molecule has 1 saturated heterocycles. The largest absolute Gasteiger partial charge is 0.378 e. The maximum Gasteiger partial charge on any atom is 0.186 e. The molecule has 0 aliphatic carbocycles. The van der Waals surface area contributed by atoms with Crippen LogP contribution >= 0.6 is 11.3 Å². The van der Waals surface area contributed by atoms with Gasteiger partial charge in [-0.05, 0) is 20.9 Å². The minimum absolute atomic E-state index is 0.256. The number of hydrogen-bond acceptors (Lipinski definition) is 6. The molecule has 0 aromatic carbocycles. The molecular weight excluding hydrogens is 262 g/mol. The fraction of sp³-hybridized carbons (Fsp3) is 0.769. The van der Waals surface area contributed by atoms with Gasteiger partial charge in [-0.2, -0.15) is 0 Å². The summed E-state index contributed by atoms with van der Waals surface area (Å²) in [5.74, 6) is 0. The second-order valence-corrected chi connectivity index (χ2v) is 6.05. The summed E-state index contributed by atoms with van der Waals surface area (Å²) in [6, 6.07) is 0.